The molecule has 0 aliphatic carbocycles. The SMILES string of the molecule is CCCC1=C(C(=O)OC)[C@@H](c2ccc(F)c(Br)c2)NC(=S)N1. The fourth-order valence-electron chi connectivity index (χ4n) is 2.36. The maximum Gasteiger partial charge on any atom is 0.337 e. The number of hydrogen-bond acceptors (Lipinski definition) is 3. The highest BCUT2D eigenvalue weighted by atomic mass is 79.9. The maximum atomic E-state index is 13.5. The fourth-order valence-corrected chi connectivity index (χ4v) is 3.00. The van der Waals surface area contributed by atoms with E-state index in [-0.39, 0.29) is 5.82 Å². The molecule has 1 aromatic carbocycles. The zero-order valence-corrected chi connectivity index (χ0v) is 14.6. The quantitative estimate of drug-likeness (QED) is 0.613. The normalized spacial score (nSPS) is 17.8. The second kappa shape index (κ2) is 7.19. The minimum absolute atomic E-state index is 0.331. The van der Waals surface area contributed by atoms with Gasteiger partial charge in [0.1, 0.15) is 5.82 Å². The van der Waals surface area contributed by atoms with Crippen LogP contribution in [-0.4, -0.2) is 18.2 Å². The number of halogens is 2. The van der Waals surface area contributed by atoms with E-state index in [0.29, 0.717) is 21.6 Å². The maximum absolute atomic E-state index is 13.5. The van der Waals surface area contributed by atoms with Crippen LogP contribution in [0.15, 0.2) is 33.9 Å². The summed E-state index contributed by atoms with van der Waals surface area (Å²) in [6.07, 6.45) is 1.52. The highest BCUT2D eigenvalue weighted by Gasteiger charge is 2.32. The van der Waals surface area contributed by atoms with Crippen molar-refractivity contribution in [1.29, 1.82) is 0 Å². The Morgan fingerprint density at radius 3 is 2.82 bits per heavy atom. The van der Waals surface area contributed by atoms with Gasteiger partial charge in [0.15, 0.2) is 5.11 Å². The van der Waals surface area contributed by atoms with Crippen molar-refractivity contribution in [2.75, 3.05) is 7.11 Å². The van der Waals surface area contributed by atoms with E-state index in [1.165, 1.54) is 13.2 Å². The number of carbonyl (C=O) groups excluding carboxylic acids is 1. The molecule has 1 aliphatic heterocycles. The Morgan fingerprint density at radius 1 is 1.50 bits per heavy atom. The van der Waals surface area contributed by atoms with Crippen molar-refractivity contribution in [3.8, 4) is 0 Å². The van der Waals surface area contributed by atoms with Gasteiger partial charge in [0.25, 0.3) is 0 Å². The average Bonchev–Trinajstić information content (AvgIpc) is 2.49. The van der Waals surface area contributed by atoms with Gasteiger partial charge >= 0.3 is 5.97 Å². The summed E-state index contributed by atoms with van der Waals surface area (Å²) in [6.45, 7) is 2.01. The highest BCUT2D eigenvalue weighted by Crippen LogP contribution is 2.31. The van der Waals surface area contributed by atoms with Crippen LogP contribution in [0.5, 0.6) is 0 Å². The molecule has 0 amide bonds. The predicted molar refractivity (Wildman–Crippen MR) is 89.7 cm³/mol. The monoisotopic (exact) mass is 386 g/mol. The standard InChI is InChI=1S/C15H16BrFN2O2S/c1-3-4-11-12(14(20)21-2)13(19-15(22)18-11)8-5-6-10(17)9(16)7-8/h5-7,13H,3-4H2,1-2H3,(H2,18,19,22)/t13-/m1/s1. The lowest BCUT2D eigenvalue weighted by Gasteiger charge is -2.31. The fraction of sp³-hybridized carbons (Fsp3) is 0.333. The van der Waals surface area contributed by atoms with Gasteiger partial charge in [-0.2, -0.15) is 0 Å². The van der Waals surface area contributed by atoms with E-state index in [2.05, 4.69) is 26.6 Å². The Balaban J connectivity index is 2.53. The zero-order valence-electron chi connectivity index (χ0n) is 12.2. The van der Waals surface area contributed by atoms with Gasteiger partial charge in [-0.05, 0) is 52.3 Å². The third kappa shape index (κ3) is 3.47. The topological polar surface area (TPSA) is 50.4 Å². The molecule has 1 aliphatic rings. The van der Waals surface area contributed by atoms with Crippen LogP contribution in [0.4, 0.5) is 4.39 Å². The lowest BCUT2D eigenvalue weighted by Crippen LogP contribution is -2.45. The van der Waals surface area contributed by atoms with Gasteiger partial charge in [0, 0.05) is 5.70 Å². The predicted octanol–water partition coefficient (Wildman–Crippen LogP) is 3.33. The molecule has 2 rings (SSSR count). The van der Waals surface area contributed by atoms with Gasteiger partial charge in [0.2, 0.25) is 0 Å². The molecule has 1 atom stereocenters. The molecule has 0 radical (unpaired) electrons. The van der Waals surface area contributed by atoms with Crippen LogP contribution in [0.25, 0.3) is 0 Å². The van der Waals surface area contributed by atoms with Crippen molar-refractivity contribution in [2.24, 2.45) is 0 Å². The molecule has 0 saturated heterocycles. The number of ether oxygens (including phenoxy) is 1. The number of rotatable bonds is 4. The summed E-state index contributed by atoms with van der Waals surface area (Å²) in [5.74, 6) is -0.797. The Labute approximate surface area is 142 Å². The van der Waals surface area contributed by atoms with Crippen molar-refractivity contribution in [1.82, 2.24) is 10.6 Å². The zero-order chi connectivity index (χ0) is 16.3. The molecule has 4 nitrogen and oxygen atoms in total. The average molecular weight is 387 g/mol. The van der Waals surface area contributed by atoms with Gasteiger partial charge in [0.05, 0.1) is 23.2 Å². The Hall–Kier alpha value is -1.47. The van der Waals surface area contributed by atoms with Crippen LogP contribution >= 0.6 is 28.1 Å². The molecule has 1 heterocycles. The van der Waals surface area contributed by atoms with Gasteiger partial charge in [-0.25, -0.2) is 9.18 Å². The molecule has 0 fully saturated rings. The molecule has 0 unspecified atom stereocenters. The van der Waals surface area contributed by atoms with Gasteiger partial charge in [-0.15, -0.1) is 0 Å². The minimum atomic E-state index is -0.473. The number of esters is 1. The molecule has 1 aromatic rings. The first kappa shape index (κ1) is 16.9. The van der Waals surface area contributed by atoms with Crippen LogP contribution in [-0.2, 0) is 9.53 Å². The molecule has 118 valence electrons. The summed E-state index contributed by atoms with van der Waals surface area (Å²) >= 11 is 8.38. The first-order chi connectivity index (χ1) is 10.5. The van der Waals surface area contributed by atoms with Gasteiger partial charge in [-0.3, -0.25) is 0 Å². The summed E-state index contributed by atoms with van der Waals surface area (Å²) in [4.78, 5) is 12.2. The second-order valence-corrected chi connectivity index (χ2v) is 6.10. The molecule has 0 aromatic heterocycles. The van der Waals surface area contributed by atoms with E-state index in [1.54, 1.807) is 12.1 Å². The number of benzene rings is 1. The number of hydrogen-bond donors (Lipinski definition) is 2. The Kier molecular flexibility index (Phi) is 5.52. The number of nitrogens with one attached hydrogen (secondary N) is 2. The second-order valence-electron chi connectivity index (χ2n) is 4.84. The van der Waals surface area contributed by atoms with Crippen LogP contribution in [0, 0.1) is 5.82 Å². The molecule has 7 heteroatoms. The van der Waals surface area contributed by atoms with Crippen LogP contribution in [0.2, 0.25) is 0 Å². The molecule has 0 saturated carbocycles. The first-order valence-corrected chi connectivity index (χ1v) is 8.01. The van der Waals surface area contributed by atoms with Crippen molar-refractivity contribution in [2.45, 2.75) is 25.8 Å². The van der Waals surface area contributed by atoms with Crippen molar-refractivity contribution >= 4 is 39.2 Å². The molecule has 22 heavy (non-hydrogen) atoms. The molecule has 0 spiro atoms. The summed E-state index contributed by atoms with van der Waals surface area (Å²) in [5.41, 5.74) is 1.94. The molecular formula is C15H16BrFN2O2S. The smallest absolute Gasteiger partial charge is 0.337 e. The lowest BCUT2D eigenvalue weighted by molar-refractivity contribution is -0.136. The van der Waals surface area contributed by atoms with E-state index in [9.17, 15) is 9.18 Å². The summed E-state index contributed by atoms with van der Waals surface area (Å²) in [7, 11) is 1.34. The Morgan fingerprint density at radius 2 is 2.23 bits per heavy atom. The summed E-state index contributed by atoms with van der Waals surface area (Å²) in [6, 6.07) is 4.13. The largest absolute Gasteiger partial charge is 0.466 e. The number of thiocarbonyl (C=S) groups is 1. The third-order valence-corrected chi connectivity index (χ3v) is 4.16. The Bertz CT molecular complexity index is 648. The summed E-state index contributed by atoms with van der Waals surface area (Å²) < 4.78 is 18.7. The number of methoxy groups -OCH3 is 1. The lowest BCUT2D eigenvalue weighted by atomic mass is 9.94. The summed E-state index contributed by atoms with van der Waals surface area (Å²) in [5, 5.41) is 6.51. The molecule has 2 N–H and O–H groups in total. The molecular weight excluding hydrogens is 371 g/mol. The van der Waals surface area contributed by atoms with E-state index in [1.807, 2.05) is 6.92 Å². The van der Waals surface area contributed by atoms with Gasteiger partial charge in [-0.1, -0.05) is 19.4 Å². The van der Waals surface area contributed by atoms with E-state index in [4.69, 9.17) is 17.0 Å². The van der Waals surface area contributed by atoms with E-state index < -0.39 is 12.0 Å². The van der Waals surface area contributed by atoms with E-state index >= 15 is 0 Å². The highest BCUT2D eigenvalue weighted by molar-refractivity contribution is 9.10. The molecule has 0 bridgehead atoms. The number of carbonyl (C=O) groups is 1. The van der Waals surface area contributed by atoms with Gasteiger partial charge < -0.3 is 15.4 Å². The van der Waals surface area contributed by atoms with Crippen LogP contribution in [0.1, 0.15) is 31.4 Å². The number of allylic oxidation sites excluding steroid dienone is 1. The van der Waals surface area contributed by atoms with E-state index in [0.717, 1.165) is 17.7 Å². The van der Waals surface area contributed by atoms with Crippen molar-refractivity contribution in [3.63, 3.8) is 0 Å². The first-order valence-electron chi connectivity index (χ1n) is 6.81. The van der Waals surface area contributed by atoms with Crippen LogP contribution in [0.3, 0.4) is 0 Å². The minimum Gasteiger partial charge on any atom is -0.466 e. The van der Waals surface area contributed by atoms with Crippen molar-refractivity contribution < 1.29 is 13.9 Å². The van der Waals surface area contributed by atoms with Crippen molar-refractivity contribution in [3.05, 3.63) is 45.3 Å². The van der Waals surface area contributed by atoms with Crippen LogP contribution < -0.4 is 10.6 Å². The third-order valence-electron chi connectivity index (χ3n) is 3.34.